The molecule has 152 valence electrons. The molecule has 4 rings (SSSR count). The zero-order chi connectivity index (χ0) is 17.8. The number of hydrogen-bond donors (Lipinski definition) is 2. The fraction of sp³-hybridized carbons (Fsp3) is 0.714. The Kier molecular flexibility index (Phi) is 7.65. The maximum atomic E-state index is 5.71. The van der Waals surface area contributed by atoms with E-state index in [9.17, 15) is 0 Å². The normalized spacial score (nSPS) is 29.4. The lowest BCUT2D eigenvalue weighted by Crippen LogP contribution is -2.53. The van der Waals surface area contributed by atoms with E-state index in [1.807, 2.05) is 6.07 Å². The Hall–Kier alpha value is -1.01. The second-order valence-electron chi connectivity index (χ2n) is 7.94. The molecule has 3 unspecified atom stereocenters. The molecule has 1 aromatic rings. The molecule has 2 aliphatic heterocycles. The smallest absolute Gasteiger partial charge is 0.142 e. The highest BCUT2D eigenvalue weighted by molar-refractivity contribution is 5.85. The molecule has 3 aliphatic rings. The van der Waals surface area contributed by atoms with Gasteiger partial charge in [-0.2, -0.15) is 0 Å². The lowest BCUT2D eigenvalue weighted by molar-refractivity contribution is 0.0514. The number of nitrogens with one attached hydrogen (secondary N) is 2. The predicted molar refractivity (Wildman–Crippen MR) is 112 cm³/mol. The molecule has 27 heavy (non-hydrogen) atoms. The molecule has 3 fully saturated rings. The van der Waals surface area contributed by atoms with Crippen LogP contribution in [0.3, 0.4) is 0 Å². The van der Waals surface area contributed by atoms with Crippen LogP contribution in [0.15, 0.2) is 24.3 Å². The Balaban J connectivity index is 0.00000210. The third-order valence-corrected chi connectivity index (χ3v) is 6.41. The van der Waals surface area contributed by atoms with Crippen molar-refractivity contribution in [1.29, 1.82) is 0 Å². The number of para-hydroxylation sites is 2. The Bertz CT molecular complexity index is 574. The number of nitrogens with zero attached hydrogens (tertiary/aromatic N) is 1. The SMILES string of the molecule is COc1ccccc1N1CCC(NC2CCCC2C2COCCN2)CC1.Cl. The van der Waals surface area contributed by atoms with Crippen LogP contribution >= 0.6 is 12.4 Å². The van der Waals surface area contributed by atoms with Crippen molar-refractivity contribution >= 4 is 18.1 Å². The summed E-state index contributed by atoms with van der Waals surface area (Å²) in [5.41, 5.74) is 1.23. The van der Waals surface area contributed by atoms with Gasteiger partial charge in [-0.25, -0.2) is 0 Å². The average molecular weight is 396 g/mol. The molecule has 0 aromatic heterocycles. The van der Waals surface area contributed by atoms with Crippen LogP contribution in [0.25, 0.3) is 0 Å². The number of ether oxygens (including phenoxy) is 2. The van der Waals surface area contributed by atoms with Crippen molar-refractivity contribution < 1.29 is 9.47 Å². The predicted octanol–water partition coefficient (Wildman–Crippen LogP) is 2.83. The lowest BCUT2D eigenvalue weighted by atomic mass is 9.92. The van der Waals surface area contributed by atoms with Gasteiger partial charge in [-0.05, 0) is 43.7 Å². The van der Waals surface area contributed by atoms with E-state index in [4.69, 9.17) is 9.47 Å². The number of rotatable bonds is 5. The largest absolute Gasteiger partial charge is 0.495 e. The first-order chi connectivity index (χ1) is 12.8. The summed E-state index contributed by atoms with van der Waals surface area (Å²) in [5, 5.41) is 7.69. The van der Waals surface area contributed by atoms with Gasteiger partial charge in [0.25, 0.3) is 0 Å². The second kappa shape index (κ2) is 9.97. The molecule has 1 aliphatic carbocycles. The van der Waals surface area contributed by atoms with Crippen LogP contribution in [0.5, 0.6) is 5.75 Å². The van der Waals surface area contributed by atoms with Crippen LogP contribution in [0.1, 0.15) is 32.1 Å². The van der Waals surface area contributed by atoms with Crippen LogP contribution in [0.4, 0.5) is 5.69 Å². The summed E-state index contributed by atoms with van der Waals surface area (Å²) in [4.78, 5) is 2.47. The molecule has 2 heterocycles. The molecule has 2 saturated heterocycles. The molecule has 3 atom stereocenters. The fourth-order valence-corrected chi connectivity index (χ4v) is 5.02. The van der Waals surface area contributed by atoms with Gasteiger partial charge in [0.1, 0.15) is 5.75 Å². The van der Waals surface area contributed by atoms with E-state index in [0.717, 1.165) is 44.5 Å². The lowest BCUT2D eigenvalue weighted by Gasteiger charge is -2.38. The van der Waals surface area contributed by atoms with Crippen LogP contribution in [0.2, 0.25) is 0 Å². The third-order valence-electron chi connectivity index (χ3n) is 6.41. The minimum Gasteiger partial charge on any atom is -0.495 e. The number of anilines is 1. The Labute approximate surface area is 169 Å². The highest BCUT2D eigenvalue weighted by atomic mass is 35.5. The number of benzene rings is 1. The number of hydrogen-bond acceptors (Lipinski definition) is 5. The van der Waals surface area contributed by atoms with E-state index in [0.29, 0.717) is 18.1 Å². The van der Waals surface area contributed by atoms with Gasteiger partial charge in [-0.3, -0.25) is 0 Å². The van der Waals surface area contributed by atoms with Gasteiger partial charge in [0.05, 0.1) is 26.0 Å². The maximum Gasteiger partial charge on any atom is 0.142 e. The summed E-state index contributed by atoms with van der Waals surface area (Å²) < 4.78 is 11.2. The number of piperidine rings is 1. The number of methoxy groups -OCH3 is 1. The summed E-state index contributed by atoms with van der Waals surface area (Å²) in [6.07, 6.45) is 6.40. The highest BCUT2D eigenvalue weighted by Crippen LogP contribution is 2.32. The maximum absolute atomic E-state index is 5.71. The van der Waals surface area contributed by atoms with Gasteiger partial charge in [-0.1, -0.05) is 18.6 Å². The summed E-state index contributed by atoms with van der Waals surface area (Å²) in [6, 6.07) is 10.2. The van der Waals surface area contributed by atoms with Crippen molar-refractivity contribution in [1.82, 2.24) is 10.6 Å². The zero-order valence-electron chi connectivity index (χ0n) is 16.4. The first kappa shape index (κ1) is 20.7. The minimum atomic E-state index is 0. The summed E-state index contributed by atoms with van der Waals surface area (Å²) in [5.74, 6) is 1.71. The zero-order valence-corrected chi connectivity index (χ0v) is 17.2. The Morgan fingerprint density at radius 2 is 1.96 bits per heavy atom. The number of halogens is 1. The second-order valence-corrected chi connectivity index (χ2v) is 7.94. The van der Waals surface area contributed by atoms with Gasteiger partial charge >= 0.3 is 0 Å². The molecule has 1 saturated carbocycles. The first-order valence-electron chi connectivity index (χ1n) is 10.3. The summed E-state index contributed by atoms with van der Waals surface area (Å²) >= 11 is 0. The first-order valence-corrected chi connectivity index (χ1v) is 10.3. The van der Waals surface area contributed by atoms with E-state index in [-0.39, 0.29) is 12.4 Å². The highest BCUT2D eigenvalue weighted by Gasteiger charge is 2.36. The topological polar surface area (TPSA) is 45.8 Å². The van der Waals surface area contributed by atoms with E-state index in [1.54, 1.807) is 7.11 Å². The molecular formula is C21H34ClN3O2. The molecule has 2 N–H and O–H groups in total. The van der Waals surface area contributed by atoms with E-state index in [1.165, 1.54) is 37.8 Å². The van der Waals surface area contributed by atoms with Gasteiger partial charge in [0.2, 0.25) is 0 Å². The van der Waals surface area contributed by atoms with E-state index in [2.05, 4.69) is 33.7 Å². The Morgan fingerprint density at radius 1 is 1.15 bits per heavy atom. The van der Waals surface area contributed by atoms with Crippen molar-refractivity contribution in [2.45, 2.75) is 50.2 Å². The van der Waals surface area contributed by atoms with Gasteiger partial charge in [0, 0.05) is 37.8 Å². The van der Waals surface area contributed by atoms with Crippen LogP contribution in [-0.2, 0) is 4.74 Å². The van der Waals surface area contributed by atoms with Crippen LogP contribution < -0.4 is 20.3 Å². The minimum absolute atomic E-state index is 0. The molecule has 0 amide bonds. The Morgan fingerprint density at radius 3 is 2.70 bits per heavy atom. The van der Waals surface area contributed by atoms with Gasteiger partial charge in [0.15, 0.2) is 0 Å². The van der Waals surface area contributed by atoms with Crippen molar-refractivity contribution in [2.24, 2.45) is 5.92 Å². The summed E-state index contributed by atoms with van der Waals surface area (Å²) in [7, 11) is 1.76. The average Bonchev–Trinajstić information content (AvgIpc) is 3.17. The van der Waals surface area contributed by atoms with E-state index < -0.39 is 0 Å². The van der Waals surface area contributed by atoms with Crippen molar-refractivity contribution in [3.63, 3.8) is 0 Å². The van der Waals surface area contributed by atoms with Crippen molar-refractivity contribution in [3.8, 4) is 5.75 Å². The summed E-state index contributed by atoms with van der Waals surface area (Å²) in [6.45, 7) is 4.95. The molecular weight excluding hydrogens is 362 g/mol. The monoisotopic (exact) mass is 395 g/mol. The molecule has 6 heteroatoms. The van der Waals surface area contributed by atoms with Crippen LogP contribution in [-0.4, -0.2) is 58.1 Å². The fourth-order valence-electron chi connectivity index (χ4n) is 5.02. The molecule has 0 spiro atoms. The molecule has 5 nitrogen and oxygen atoms in total. The molecule has 1 aromatic carbocycles. The quantitative estimate of drug-likeness (QED) is 0.802. The van der Waals surface area contributed by atoms with E-state index >= 15 is 0 Å². The van der Waals surface area contributed by atoms with Crippen LogP contribution in [0, 0.1) is 5.92 Å². The van der Waals surface area contributed by atoms with Gasteiger partial charge < -0.3 is 25.0 Å². The number of morpholine rings is 1. The van der Waals surface area contributed by atoms with Crippen molar-refractivity contribution in [2.75, 3.05) is 44.9 Å². The van der Waals surface area contributed by atoms with Gasteiger partial charge in [-0.15, -0.1) is 12.4 Å². The molecule has 0 bridgehead atoms. The molecule has 0 radical (unpaired) electrons. The third kappa shape index (κ3) is 4.89. The standard InChI is InChI=1S/C21H33N3O2.ClH/c1-25-21-8-3-2-7-20(21)24-12-9-16(10-13-24)23-18-6-4-5-17(18)19-15-26-14-11-22-19;/h2-3,7-8,16-19,22-23H,4-6,9-15H2,1H3;1H. The van der Waals surface area contributed by atoms with Crippen molar-refractivity contribution in [3.05, 3.63) is 24.3 Å².